The maximum absolute atomic E-state index is 12.1. The summed E-state index contributed by atoms with van der Waals surface area (Å²) in [6, 6.07) is 4.06. The Morgan fingerprint density at radius 3 is 2.77 bits per heavy atom. The molecule has 0 spiro atoms. The second-order valence-corrected chi connectivity index (χ2v) is 5.24. The molecule has 0 saturated carbocycles. The Morgan fingerprint density at radius 1 is 1.41 bits per heavy atom. The molecule has 0 bridgehead atoms. The molecule has 2 rings (SSSR count). The van der Waals surface area contributed by atoms with E-state index in [0.717, 1.165) is 11.4 Å². The van der Waals surface area contributed by atoms with Gasteiger partial charge in [0.05, 0.1) is 11.5 Å². The van der Waals surface area contributed by atoms with Gasteiger partial charge in [-0.15, -0.1) is 10.2 Å². The summed E-state index contributed by atoms with van der Waals surface area (Å²) in [5, 5.41) is 22.5. The van der Waals surface area contributed by atoms with E-state index in [0.29, 0.717) is 11.7 Å². The van der Waals surface area contributed by atoms with Crippen molar-refractivity contribution >= 4 is 28.1 Å². The lowest BCUT2D eigenvalue weighted by Crippen LogP contribution is -2.12. The van der Waals surface area contributed by atoms with E-state index >= 15 is 0 Å². The summed E-state index contributed by atoms with van der Waals surface area (Å²) in [4.78, 5) is 22.6. The number of benzene rings is 1. The molecule has 22 heavy (non-hydrogen) atoms. The number of ether oxygens (including phenoxy) is 1. The first-order valence-electron chi connectivity index (χ1n) is 6.60. The minimum atomic E-state index is -0.581. The predicted molar refractivity (Wildman–Crippen MR) is 81.5 cm³/mol. The predicted octanol–water partition coefficient (Wildman–Crippen LogP) is 2.66. The lowest BCUT2D eigenvalue weighted by Gasteiger charge is -2.06. The van der Waals surface area contributed by atoms with Gasteiger partial charge in [-0.1, -0.05) is 18.3 Å². The number of nitro groups is 1. The van der Waals surface area contributed by atoms with Gasteiger partial charge >= 0.3 is 5.69 Å². The van der Waals surface area contributed by atoms with Gasteiger partial charge in [-0.2, -0.15) is 0 Å². The lowest BCUT2D eigenvalue weighted by atomic mass is 10.2. The fourth-order valence-corrected chi connectivity index (χ4v) is 2.37. The van der Waals surface area contributed by atoms with Crippen LogP contribution in [0.1, 0.15) is 29.2 Å². The molecule has 0 aliphatic heterocycles. The van der Waals surface area contributed by atoms with Crippen LogP contribution in [-0.4, -0.2) is 27.6 Å². The van der Waals surface area contributed by atoms with E-state index in [1.54, 1.807) is 6.92 Å². The highest BCUT2D eigenvalue weighted by molar-refractivity contribution is 7.15. The van der Waals surface area contributed by atoms with Crippen LogP contribution in [0.5, 0.6) is 5.75 Å². The molecule has 1 aromatic heterocycles. The van der Waals surface area contributed by atoms with E-state index < -0.39 is 10.8 Å². The van der Waals surface area contributed by atoms with Crippen molar-refractivity contribution in [2.45, 2.75) is 20.3 Å². The number of anilines is 1. The molecular weight excluding hydrogens is 308 g/mol. The SMILES string of the molecule is CCOc1ccc(C(=O)Nc2nnc(CC)s2)cc1[N+](=O)[O-]. The van der Waals surface area contributed by atoms with Crippen LogP contribution in [0.25, 0.3) is 0 Å². The second-order valence-electron chi connectivity index (χ2n) is 4.18. The Kier molecular flexibility index (Phi) is 4.99. The van der Waals surface area contributed by atoms with Gasteiger partial charge < -0.3 is 4.74 Å². The Hall–Kier alpha value is -2.55. The number of nitro benzene ring substituents is 1. The highest BCUT2D eigenvalue weighted by Crippen LogP contribution is 2.28. The standard InChI is InChI=1S/C13H14N4O4S/c1-3-11-15-16-13(22-11)14-12(18)8-5-6-10(21-4-2)9(7-8)17(19)20/h5-7H,3-4H2,1-2H3,(H,14,16,18). The molecule has 0 aliphatic rings. The number of aromatic nitrogens is 2. The molecule has 0 atom stereocenters. The highest BCUT2D eigenvalue weighted by Gasteiger charge is 2.19. The van der Waals surface area contributed by atoms with Crippen molar-refractivity contribution < 1.29 is 14.5 Å². The number of carbonyl (C=O) groups is 1. The zero-order valence-corrected chi connectivity index (χ0v) is 12.8. The van der Waals surface area contributed by atoms with Crippen molar-refractivity contribution in [2.75, 3.05) is 11.9 Å². The van der Waals surface area contributed by atoms with Crippen molar-refractivity contribution in [3.63, 3.8) is 0 Å². The minimum absolute atomic E-state index is 0.133. The fraction of sp³-hybridized carbons (Fsp3) is 0.308. The molecule has 1 N–H and O–H groups in total. The average Bonchev–Trinajstić information content (AvgIpc) is 2.95. The van der Waals surface area contributed by atoms with Crippen LogP contribution in [0, 0.1) is 10.1 Å². The summed E-state index contributed by atoms with van der Waals surface area (Å²) < 4.78 is 5.18. The fourth-order valence-electron chi connectivity index (χ4n) is 1.70. The van der Waals surface area contributed by atoms with Crippen molar-refractivity contribution in [1.29, 1.82) is 0 Å². The van der Waals surface area contributed by atoms with Crippen molar-refractivity contribution in [2.24, 2.45) is 0 Å². The monoisotopic (exact) mass is 322 g/mol. The third-order valence-corrected chi connectivity index (χ3v) is 3.69. The zero-order valence-electron chi connectivity index (χ0n) is 12.0. The molecular formula is C13H14N4O4S. The van der Waals surface area contributed by atoms with Gasteiger partial charge in [-0.25, -0.2) is 0 Å². The summed E-state index contributed by atoms with van der Waals surface area (Å²) in [5.74, 6) is -0.349. The third kappa shape index (κ3) is 3.55. The summed E-state index contributed by atoms with van der Waals surface area (Å²) in [7, 11) is 0. The Balaban J connectivity index is 2.22. The van der Waals surface area contributed by atoms with Crippen LogP contribution in [0.15, 0.2) is 18.2 Å². The van der Waals surface area contributed by atoms with Crippen LogP contribution >= 0.6 is 11.3 Å². The van der Waals surface area contributed by atoms with Crippen LogP contribution in [0.4, 0.5) is 10.8 Å². The molecule has 0 saturated heterocycles. The quantitative estimate of drug-likeness (QED) is 0.647. The third-order valence-electron chi connectivity index (χ3n) is 2.71. The molecule has 1 aromatic carbocycles. The average molecular weight is 322 g/mol. The van der Waals surface area contributed by atoms with E-state index in [2.05, 4.69) is 15.5 Å². The molecule has 0 radical (unpaired) electrons. The Bertz CT molecular complexity index is 701. The smallest absolute Gasteiger partial charge is 0.311 e. The summed E-state index contributed by atoms with van der Waals surface area (Å²) in [5.41, 5.74) is -0.0931. The first kappa shape index (κ1) is 15.8. The maximum Gasteiger partial charge on any atom is 0.311 e. The minimum Gasteiger partial charge on any atom is -0.487 e. The van der Waals surface area contributed by atoms with Crippen LogP contribution < -0.4 is 10.1 Å². The summed E-state index contributed by atoms with van der Waals surface area (Å²) in [6.07, 6.45) is 0.724. The number of amides is 1. The van der Waals surface area contributed by atoms with E-state index in [1.807, 2.05) is 6.92 Å². The van der Waals surface area contributed by atoms with Crippen molar-refractivity contribution in [3.8, 4) is 5.75 Å². The van der Waals surface area contributed by atoms with Gasteiger partial charge in [0.15, 0.2) is 5.75 Å². The molecule has 8 nitrogen and oxygen atoms in total. The van der Waals surface area contributed by atoms with E-state index in [9.17, 15) is 14.9 Å². The highest BCUT2D eigenvalue weighted by atomic mass is 32.1. The first-order valence-corrected chi connectivity index (χ1v) is 7.41. The second kappa shape index (κ2) is 6.94. The zero-order chi connectivity index (χ0) is 16.1. The topological polar surface area (TPSA) is 107 Å². The number of aryl methyl sites for hydroxylation is 1. The number of carbonyl (C=O) groups excluding carboxylic acids is 1. The van der Waals surface area contributed by atoms with E-state index in [1.165, 1.54) is 29.5 Å². The normalized spacial score (nSPS) is 10.3. The first-order chi connectivity index (χ1) is 10.5. The molecule has 1 heterocycles. The molecule has 9 heteroatoms. The van der Waals surface area contributed by atoms with Gasteiger partial charge in [0.1, 0.15) is 5.01 Å². The van der Waals surface area contributed by atoms with Gasteiger partial charge in [-0.3, -0.25) is 20.2 Å². The molecule has 0 unspecified atom stereocenters. The van der Waals surface area contributed by atoms with Crippen LogP contribution in [-0.2, 0) is 6.42 Å². The number of rotatable bonds is 6. The Morgan fingerprint density at radius 2 is 2.18 bits per heavy atom. The van der Waals surface area contributed by atoms with Crippen molar-refractivity contribution in [1.82, 2.24) is 10.2 Å². The van der Waals surface area contributed by atoms with E-state index in [4.69, 9.17) is 4.74 Å². The molecule has 116 valence electrons. The molecule has 1 amide bonds. The maximum atomic E-state index is 12.1. The Labute approximate surface area is 130 Å². The molecule has 2 aromatic rings. The van der Waals surface area contributed by atoms with E-state index in [-0.39, 0.29) is 17.0 Å². The van der Waals surface area contributed by atoms with Gasteiger partial charge in [-0.05, 0) is 25.5 Å². The lowest BCUT2D eigenvalue weighted by molar-refractivity contribution is -0.385. The van der Waals surface area contributed by atoms with Gasteiger partial charge in [0, 0.05) is 11.6 Å². The largest absolute Gasteiger partial charge is 0.487 e. The number of hydrogen-bond donors (Lipinski definition) is 1. The molecule has 0 aliphatic carbocycles. The number of nitrogens with zero attached hydrogens (tertiary/aromatic N) is 3. The van der Waals surface area contributed by atoms with Crippen LogP contribution in [0.2, 0.25) is 0 Å². The van der Waals surface area contributed by atoms with Crippen molar-refractivity contribution in [3.05, 3.63) is 38.9 Å². The summed E-state index contributed by atoms with van der Waals surface area (Å²) >= 11 is 1.26. The van der Waals surface area contributed by atoms with Gasteiger partial charge in [0.25, 0.3) is 5.91 Å². The number of nitrogens with one attached hydrogen (secondary N) is 1. The molecule has 0 fully saturated rings. The van der Waals surface area contributed by atoms with Gasteiger partial charge in [0.2, 0.25) is 5.13 Å². The van der Waals surface area contributed by atoms with Crippen LogP contribution in [0.3, 0.4) is 0 Å². The number of hydrogen-bond acceptors (Lipinski definition) is 7. The summed E-state index contributed by atoms with van der Waals surface area (Å²) in [6.45, 7) is 3.96.